The first-order valence-electron chi connectivity index (χ1n) is 7.33. The third kappa shape index (κ3) is 4.34. The second-order valence-electron chi connectivity index (χ2n) is 5.37. The Balaban J connectivity index is 3.09. The minimum Gasteiger partial charge on any atom is -0.383 e. The van der Waals surface area contributed by atoms with Crippen LogP contribution in [0.2, 0.25) is 0 Å². The van der Waals surface area contributed by atoms with Gasteiger partial charge in [0.25, 0.3) is 0 Å². The molecule has 0 aliphatic carbocycles. The molecule has 1 N–H and O–H groups in total. The van der Waals surface area contributed by atoms with Crippen LogP contribution in [0.15, 0.2) is 0 Å². The Morgan fingerprint density at radius 3 is 2.55 bits per heavy atom. The van der Waals surface area contributed by atoms with Crippen molar-refractivity contribution in [1.82, 2.24) is 9.97 Å². The Bertz CT molecular complexity index is 421. The lowest BCUT2D eigenvalue weighted by Crippen LogP contribution is -2.25. The molecular formula is C15H28N4O. The first-order chi connectivity index (χ1) is 9.51. The maximum absolute atomic E-state index is 5.15. The molecule has 0 unspecified atom stereocenters. The fourth-order valence-corrected chi connectivity index (χ4v) is 1.90. The van der Waals surface area contributed by atoms with Crippen LogP contribution in [0.25, 0.3) is 0 Å². The fraction of sp³-hybridized carbons (Fsp3) is 0.733. The molecule has 1 aromatic heterocycles. The van der Waals surface area contributed by atoms with Gasteiger partial charge >= 0.3 is 0 Å². The van der Waals surface area contributed by atoms with E-state index in [4.69, 9.17) is 9.72 Å². The van der Waals surface area contributed by atoms with Crippen LogP contribution in [-0.4, -0.2) is 43.8 Å². The van der Waals surface area contributed by atoms with Gasteiger partial charge in [0, 0.05) is 38.7 Å². The lowest BCUT2D eigenvalue weighted by Gasteiger charge is -2.23. The van der Waals surface area contributed by atoms with Crippen molar-refractivity contribution in [3.05, 3.63) is 11.4 Å². The van der Waals surface area contributed by atoms with Crippen molar-refractivity contribution in [3.8, 4) is 0 Å². The highest BCUT2D eigenvalue weighted by Crippen LogP contribution is 2.25. The van der Waals surface area contributed by atoms with E-state index in [0.29, 0.717) is 12.5 Å². The molecule has 0 aliphatic rings. The summed E-state index contributed by atoms with van der Waals surface area (Å²) in [5, 5.41) is 3.40. The summed E-state index contributed by atoms with van der Waals surface area (Å²) in [4.78, 5) is 11.5. The van der Waals surface area contributed by atoms with Gasteiger partial charge in [-0.05, 0) is 13.3 Å². The highest BCUT2D eigenvalue weighted by atomic mass is 16.5. The van der Waals surface area contributed by atoms with Crippen molar-refractivity contribution in [2.75, 3.05) is 44.1 Å². The van der Waals surface area contributed by atoms with Crippen LogP contribution in [-0.2, 0) is 4.74 Å². The Hall–Kier alpha value is -1.36. The molecule has 0 spiro atoms. The number of nitrogens with one attached hydrogen (secondary N) is 1. The van der Waals surface area contributed by atoms with Crippen molar-refractivity contribution >= 4 is 11.6 Å². The number of rotatable bonds is 8. The summed E-state index contributed by atoms with van der Waals surface area (Å²) in [6.45, 7) is 10.9. The summed E-state index contributed by atoms with van der Waals surface area (Å²) in [5.41, 5.74) is 1.10. The Labute approximate surface area is 122 Å². The van der Waals surface area contributed by atoms with Crippen LogP contribution >= 0.6 is 0 Å². The monoisotopic (exact) mass is 280 g/mol. The van der Waals surface area contributed by atoms with Crippen molar-refractivity contribution in [2.24, 2.45) is 0 Å². The molecule has 0 fully saturated rings. The molecule has 5 nitrogen and oxygen atoms in total. The van der Waals surface area contributed by atoms with Gasteiger partial charge in [-0.3, -0.25) is 0 Å². The van der Waals surface area contributed by atoms with Crippen LogP contribution < -0.4 is 10.2 Å². The van der Waals surface area contributed by atoms with Crippen LogP contribution in [0.3, 0.4) is 0 Å². The molecule has 0 aliphatic heterocycles. The van der Waals surface area contributed by atoms with Gasteiger partial charge in [-0.2, -0.15) is 0 Å². The van der Waals surface area contributed by atoms with Crippen molar-refractivity contribution in [2.45, 2.75) is 40.0 Å². The summed E-state index contributed by atoms with van der Waals surface area (Å²) in [6.07, 6.45) is 1.08. The van der Waals surface area contributed by atoms with Gasteiger partial charge in [0.1, 0.15) is 17.5 Å². The Kier molecular flexibility index (Phi) is 6.71. The molecule has 1 heterocycles. The van der Waals surface area contributed by atoms with E-state index in [-0.39, 0.29) is 0 Å². The van der Waals surface area contributed by atoms with Crippen LogP contribution in [0.5, 0.6) is 0 Å². The van der Waals surface area contributed by atoms with Gasteiger partial charge in [0.05, 0.1) is 6.61 Å². The molecule has 114 valence electrons. The number of methoxy groups -OCH3 is 1. The lowest BCUT2D eigenvalue weighted by molar-refractivity contribution is 0.206. The van der Waals surface area contributed by atoms with Gasteiger partial charge in [0.15, 0.2) is 0 Å². The van der Waals surface area contributed by atoms with Gasteiger partial charge < -0.3 is 15.0 Å². The average molecular weight is 280 g/mol. The third-order valence-electron chi connectivity index (χ3n) is 3.19. The van der Waals surface area contributed by atoms with Gasteiger partial charge in [-0.25, -0.2) is 9.97 Å². The van der Waals surface area contributed by atoms with Crippen LogP contribution in [0.4, 0.5) is 11.6 Å². The second kappa shape index (κ2) is 8.04. The number of nitrogens with zero attached hydrogens (tertiary/aromatic N) is 3. The largest absolute Gasteiger partial charge is 0.383 e. The number of ether oxygens (including phenoxy) is 1. The maximum Gasteiger partial charge on any atom is 0.137 e. The molecule has 1 aromatic rings. The number of hydrogen-bond acceptors (Lipinski definition) is 5. The minimum atomic E-state index is 0.312. The van der Waals surface area contributed by atoms with Crippen molar-refractivity contribution in [3.63, 3.8) is 0 Å². The fourth-order valence-electron chi connectivity index (χ4n) is 1.90. The number of anilines is 2. The van der Waals surface area contributed by atoms with Crippen molar-refractivity contribution < 1.29 is 4.74 Å². The third-order valence-corrected chi connectivity index (χ3v) is 3.19. The van der Waals surface area contributed by atoms with Gasteiger partial charge in [0.2, 0.25) is 0 Å². The second-order valence-corrected chi connectivity index (χ2v) is 5.37. The van der Waals surface area contributed by atoms with E-state index in [0.717, 1.165) is 42.5 Å². The molecule has 0 aromatic carbocycles. The van der Waals surface area contributed by atoms with E-state index in [1.54, 1.807) is 7.11 Å². The zero-order valence-corrected chi connectivity index (χ0v) is 13.7. The topological polar surface area (TPSA) is 50.3 Å². The minimum absolute atomic E-state index is 0.312. The SMILES string of the molecule is CCCNc1nc(C(C)C)nc(N(C)CCOC)c1C. The van der Waals surface area contributed by atoms with E-state index in [2.05, 4.69) is 42.9 Å². The Morgan fingerprint density at radius 2 is 2.00 bits per heavy atom. The summed E-state index contributed by atoms with van der Waals surface area (Å²) in [6, 6.07) is 0. The van der Waals surface area contributed by atoms with E-state index < -0.39 is 0 Å². The quantitative estimate of drug-likeness (QED) is 0.793. The normalized spacial score (nSPS) is 10.9. The average Bonchev–Trinajstić information content (AvgIpc) is 2.43. The zero-order valence-electron chi connectivity index (χ0n) is 13.7. The molecule has 0 bridgehead atoms. The maximum atomic E-state index is 5.15. The van der Waals surface area contributed by atoms with Gasteiger partial charge in [-0.15, -0.1) is 0 Å². The molecule has 0 amide bonds. The predicted octanol–water partition coefficient (Wildman–Crippen LogP) is 2.81. The van der Waals surface area contributed by atoms with Crippen LogP contribution in [0.1, 0.15) is 44.5 Å². The van der Waals surface area contributed by atoms with E-state index in [1.165, 1.54) is 0 Å². The highest BCUT2D eigenvalue weighted by molar-refractivity contribution is 5.58. The molecule has 0 saturated carbocycles. The molecule has 0 radical (unpaired) electrons. The lowest BCUT2D eigenvalue weighted by atomic mass is 10.2. The molecule has 1 rings (SSSR count). The smallest absolute Gasteiger partial charge is 0.137 e. The number of likely N-dealkylation sites (N-methyl/N-ethyl adjacent to an activating group) is 1. The molecule has 0 saturated heterocycles. The summed E-state index contributed by atoms with van der Waals surface area (Å²) < 4.78 is 5.15. The molecule has 0 atom stereocenters. The van der Waals surface area contributed by atoms with Crippen molar-refractivity contribution in [1.29, 1.82) is 0 Å². The van der Waals surface area contributed by atoms with Crippen LogP contribution in [0, 0.1) is 6.92 Å². The predicted molar refractivity (Wildman–Crippen MR) is 84.8 cm³/mol. The Morgan fingerprint density at radius 1 is 1.30 bits per heavy atom. The molecule has 20 heavy (non-hydrogen) atoms. The summed E-state index contributed by atoms with van der Waals surface area (Å²) in [7, 11) is 3.76. The highest BCUT2D eigenvalue weighted by Gasteiger charge is 2.15. The first-order valence-corrected chi connectivity index (χ1v) is 7.33. The van der Waals surface area contributed by atoms with E-state index in [9.17, 15) is 0 Å². The van der Waals surface area contributed by atoms with E-state index in [1.807, 2.05) is 7.05 Å². The first kappa shape index (κ1) is 16.7. The molecular weight excluding hydrogens is 252 g/mol. The van der Waals surface area contributed by atoms with Gasteiger partial charge in [-0.1, -0.05) is 20.8 Å². The zero-order chi connectivity index (χ0) is 15.1. The summed E-state index contributed by atoms with van der Waals surface area (Å²) >= 11 is 0. The molecule has 5 heteroatoms. The number of hydrogen-bond donors (Lipinski definition) is 1. The van der Waals surface area contributed by atoms with E-state index >= 15 is 0 Å². The summed E-state index contributed by atoms with van der Waals surface area (Å²) in [5.74, 6) is 3.13. The number of aromatic nitrogens is 2. The standard InChI is InChI=1S/C15H28N4O/c1-7-8-16-14-12(4)15(19(5)9-10-20-6)18-13(17-14)11(2)3/h11H,7-10H2,1-6H3,(H,16,17,18).